The van der Waals surface area contributed by atoms with Gasteiger partial charge in [-0.3, -0.25) is 4.79 Å². The van der Waals surface area contributed by atoms with E-state index in [0.29, 0.717) is 11.9 Å². The Kier molecular flexibility index (Phi) is 3.24. The van der Waals surface area contributed by atoms with E-state index in [1.165, 1.54) is 0 Å². The quantitative estimate of drug-likeness (QED) is 0.786. The molecular formula is C11H18N4O. The fraction of sp³-hybridized carbons (Fsp3) is 0.636. The van der Waals surface area contributed by atoms with Crippen LogP contribution < -0.4 is 16.2 Å². The maximum atomic E-state index is 12.0. The summed E-state index contributed by atoms with van der Waals surface area (Å²) in [6.45, 7) is 5.88. The molecule has 1 unspecified atom stereocenters. The predicted molar refractivity (Wildman–Crippen MR) is 63.8 cm³/mol. The normalized spacial score (nSPS) is 20.3. The Balaban J connectivity index is 2.20. The van der Waals surface area contributed by atoms with Crippen LogP contribution in [0.4, 0.5) is 5.82 Å². The largest absolute Gasteiger partial charge is 0.361 e. The lowest BCUT2D eigenvalue weighted by Gasteiger charge is -2.14. The zero-order valence-electron chi connectivity index (χ0n) is 9.73. The average Bonchev–Trinajstić information content (AvgIpc) is 2.73. The first kappa shape index (κ1) is 11.1. The highest BCUT2D eigenvalue weighted by molar-refractivity contribution is 5.33. The Bertz CT molecular complexity index is 407. The van der Waals surface area contributed by atoms with Crippen molar-refractivity contribution >= 4 is 5.82 Å². The molecular weight excluding hydrogens is 204 g/mol. The molecule has 5 nitrogen and oxygen atoms in total. The number of anilines is 1. The van der Waals surface area contributed by atoms with Crippen LogP contribution in [0, 0.1) is 0 Å². The highest BCUT2D eigenvalue weighted by Gasteiger charge is 2.16. The molecule has 88 valence electrons. The van der Waals surface area contributed by atoms with E-state index in [9.17, 15) is 4.79 Å². The van der Waals surface area contributed by atoms with Crippen LogP contribution in [0.25, 0.3) is 0 Å². The van der Waals surface area contributed by atoms with E-state index in [4.69, 9.17) is 0 Å². The van der Waals surface area contributed by atoms with Gasteiger partial charge in [-0.15, -0.1) is 0 Å². The number of nitrogens with zero attached hydrogens (tertiary/aromatic N) is 2. The summed E-state index contributed by atoms with van der Waals surface area (Å²) in [5.41, 5.74) is -0.0376. The molecule has 1 atom stereocenters. The van der Waals surface area contributed by atoms with Crippen LogP contribution in [-0.2, 0) is 0 Å². The van der Waals surface area contributed by atoms with Gasteiger partial charge in [0.15, 0.2) is 5.82 Å². The zero-order valence-corrected chi connectivity index (χ0v) is 9.73. The van der Waals surface area contributed by atoms with E-state index in [1.54, 1.807) is 17.0 Å². The van der Waals surface area contributed by atoms with Gasteiger partial charge in [0.2, 0.25) is 0 Å². The Morgan fingerprint density at radius 1 is 1.62 bits per heavy atom. The van der Waals surface area contributed by atoms with E-state index in [1.807, 2.05) is 13.8 Å². The molecule has 1 fully saturated rings. The lowest BCUT2D eigenvalue weighted by Crippen LogP contribution is -2.30. The van der Waals surface area contributed by atoms with Crippen LogP contribution in [0.15, 0.2) is 17.2 Å². The molecule has 16 heavy (non-hydrogen) atoms. The van der Waals surface area contributed by atoms with Gasteiger partial charge in [0.05, 0.1) is 0 Å². The van der Waals surface area contributed by atoms with E-state index in [-0.39, 0.29) is 11.6 Å². The monoisotopic (exact) mass is 222 g/mol. The van der Waals surface area contributed by atoms with E-state index < -0.39 is 0 Å². The minimum Gasteiger partial charge on any atom is -0.361 e. The summed E-state index contributed by atoms with van der Waals surface area (Å²) >= 11 is 0. The molecule has 1 aromatic rings. The summed E-state index contributed by atoms with van der Waals surface area (Å²) < 4.78 is 1.69. The lowest BCUT2D eigenvalue weighted by atomic mass is 10.2. The SMILES string of the molecule is CC(C)n1ccnc(NC2CCNC2)c1=O. The second-order valence-electron chi connectivity index (χ2n) is 4.42. The van der Waals surface area contributed by atoms with Crippen LogP contribution in [0.5, 0.6) is 0 Å². The predicted octanol–water partition coefficient (Wildman–Crippen LogP) is 0.598. The molecule has 0 aromatic carbocycles. The smallest absolute Gasteiger partial charge is 0.293 e. The number of nitrogens with one attached hydrogen (secondary N) is 2. The van der Waals surface area contributed by atoms with Crippen molar-refractivity contribution in [3.8, 4) is 0 Å². The average molecular weight is 222 g/mol. The summed E-state index contributed by atoms with van der Waals surface area (Å²) in [7, 11) is 0. The van der Waals surface area contributed by atoms with E-state index in [2.05, 4.69) is 15.6 Å². The van der Waals surface area contributed by atoms with Gasteiger partial charge in [0.25, 0.3) is 5.56 Å². The van der Waals surface area contributed by atoms with Gasteiger partial charge >= 0.3 is 0 Å². The summed E-state index contributed by atoms with van der Waals surface area (Å²) in [5, 5.41) is 6.45. The molecule has 2 rings (SSSR count). The molecule has 0 aliphatic carbocycles. The molecule has 1 aliphatic rings. The maximum Gasteiger partial charge on any atom is 0.293 e. The van der Waals surface area contributed by atoms with Crippen molar-refractivity contribution < 1.29 is 0 Å². The summed E-state index contributed by atoms with van der Waals surface area (Å²) in [5.74, 6) is 0.463. The van der Waals surface area contributed by atoms with Gasteiger partial charge < -0.3 is 15.2 Å². The molecule has 0 radical (unpaired) electrons. The van der Waals surface area contributed by atoms with Gasteiger partial charge in [-0.05, 0) is 26.8 Å². The summed E-state index contributed by atoms with van der Waals surface area (Å²) in [4.78, 5) is 16.1. The fourth-order valence-electron chi connectivity index (χ4n) is 1.90. The molecule has 2 N–H and O–H groups in total. The van der Waals surface area contributed by atoms with Gasteiger partial charge in [0.1, 0.15) is 0 Å². The Labute approximate surface area is 94.9 Å². The van der Waals surface area contributed by atoms with Crippen molar-refractivity contribution in [2.75, 3.05) is 18.4 Å². The van der Waals surface area contributed by atoms with Crippen LogP contribution in [0.3, 0.4) is 0 Å². The molecule has 0 spiro atoms. The minimum atomic E-state index is -0.0376. The van der Waals surface area contributed by atoms with Crippen molar-refractivity contribution in [3.05, 3.63) is 22.7 Å². The van der Waals surface area contributed by atoms with Gasteiger partial charge in [-0.1, -0.05) is 0 Å². The molecule has 2 heterocycles. The van der Waals surface area contributed by atoms with E-state index in [0.717, 1.165) is 19.5 Å². The molecule has 1 aliphatic heterocycles. The maximum absolute atomic E-state index is 12.0. The highest BCUT2D eigenvalue weighted by atomic mass is 16.1. The number of rotatable bonds is 3. The fourth-order valence-corrected chi connectivity index (χ4v) is 1.90. The number of hydrogen-bond donors (Lipinski definition) is 2. The Hall–Kier alpha value is -1.36. The number of hydrogen-bond acceptors (Lipinski definition) is 4. The van der Waals surface area contributed by atoms with Crippen molar-refractivity contribution in [3.63, 3.8) is 0 Å². The van der Waals surface area contributed by atoms with Crippen LogP contribution >= 0.6 is 0 Å². The van der Waals surface area contributed by atoms with Crippen molar-refractivity contribution in [2.24, 2.45) is 0 Å². The lowest BCUT2D eigenvalue weighted by molar-refractivity contribution is 0.574. The minimum absolute atomic E-state index is 0.0376. The molecule has 1 aromatic heterocycles. The van der Waals surface area contributed by atoms with Crippen LogP contribution in [0.2, 0.25) is 0 Å². The van der Waals surface area contributed by atoms with Crippen molar-refractivity contribution in [2.45, 2.75) is 32.4 Å². The molecule has 0 amide bonds. The Morgan fingerprint density at radius 3 is 3.06 bits per heavy atom. The summed E-state index contributed by atoms with van der Waals surface area (Å²) in [6.07, 6.45) is 4.44. The highest BCUT2D eigenvalue weighted by Crippen LogP contribution is 2.06. The zero-order chi connectivity index (χ0) is 11.5. The molecule has 1 saturated heterocycles. The second kappa shape index (κ2) is 4.65. The first-order valence-electron chi connectivity index (χ1n) is 5.73. The van der Waals surface area contributed by atoms with E-state index >= 15 is 0 Å². The number of aromatic nitrogens is 2. The van der Waals surface area contributed by atoms with Gasteiger partial charge in [-0.25, -0.2) is 4.98 Å². The van der Waals surface area contributed by atoms with Crippen molar-refractivity contribution in [1.82, 2.24) is 14.9 Å². The van der Waals surface area contributed by atoms with Crippen LogP contribution in [0.1, 0.15) is 26.3 Å². The molecule has 0 bridgehead atoms. The third kappa shape index (κ3) is 2.24. The van der Waals surface area contributed by atoms with Crippen LogP contribution in [-0.4, -0.2) is 28.7 Å². The molecule has 5 heteroatoms. The topological polar surface area (TPSA) is 59.0 Å². The first-order valence-corrected chi connectivity index (χ1v) is 5.73. The standard InChI is InChI=1S/C11H18N4O/c1-8(2)15-6-5-13-10(11(15)16)14-9-3-4-12-7-9/h5-6,8-9,12H,3-4,7H2,1-2H3,(H,13,14). The third-order valence-corrected chi connectivity index (χ3v) is 2.83. The third-order valence-electron chi connectivity index (χ3n) is 2.83. The second-order valence-corrected chi connectivity index (χ2v) is 4.42. The van der Waals surface area contributed by atoms with Gasteiger partial charge in [0, 0.05) is 31.0 Å². The Morgan fingerprint density at radius 2 is 2.44 bits per heavy atom. The first-order chi connectivity index (χ1) is 7.68. The van der Waals surface area contributed by atoms with Gasteiger partial charge in [-0.2, -0.15) is 0 Å². The molecule has 0 saturated carbocycles. The van der Waals surface area contributed by atoms with Crippen molar-refractivity contribution in [1.29, 1.82) is 0 Å². The summed E-state index contributed by atoms with van der Waals surface area (Å²) in [6, 6.07) is 0.487.